The van der Waals surface area contributed by atoms with Gasteiger partial charge in [-0.05, 0) is 65.4 Å². The van der Waals surface area contributed by atoms with Gasteiger partial charge in [-0.15, -0.1) is 0 Å². The SMILES string of the molecule is O=c1/c(=C\c2ccc([N+](=O)[O-])cc2)sc2n1C(c1cccc(F)c1)C1=C(N=2)c2ccccc2CC1. The van der Waals surface area contributed by atoms with Gasteiger partial charge in [-0.25, -0.2) is 9.38 Å². The Balaban J connectivity index is 1.58. The van der Waals surface area contributed by atoms with Crippen LogP contribution in [0.3, 0.4) is 0 Å². The van der Waals surface area contributed by atoms with Crippen LogP contribution in [0.25, 0.3) is 11.8 Å². The molecule has 1 unspecified atom stereocenters. The first-order valence-corrected chi connectivity index (χ1v) is 11.9. The number of thiazole rings is 1. The average Bonchev–Trinajstić information content (AvgIpc) is 3.17. The minimum Gasteiger partial charge on any atom is -0.272 e. The van der Waals surface area contributed by atoms with Crippen molar-refractivity contribution in [1.29, 1.82) is 0 Å². The van der Waals surface area contributed by atoms with Crippen molar-refractivity contribution in [2.45, 2.75) is 18.9 Å². The molecule has 1 atom stereocenters. The summed E-state index contributed by atoms with van der Waals surface area (Å²) in [5.41, 5.74) is 5.26. The van der Waals surface area contributed by atoms with Gasteiger partial charge in [0.25, 0.3) is 11.2 Å². The lowest BCUT2D eigenvalue weighted by molar-refractivity contribution is -0.384. The first-order valence-electron chi connectivity index (χ1n) is 11.1. The molecule has 2 aliphatic rings. The number of aromatic nitrogens is 1. The monoisotopic (exact) mass is 483 g/mol. The molecule has 1 aromatic heterocycles. The van der Waals surface area contributed by atoms with Gasteiger partial charge in [0, 0.05) is 17.7 Å². The lowest BCUT2D eigenvalue weighted by Gasteiger charge is -2.30. The molecule has 6 nitrogen and oxygen atoms in total. The maximum Gasteiger partial charge on any atom is 0.271 e. The maximum absolute atomic E-state index is 14.3. The van der Waals surface area contributed by atoms with E-state index in [4.69, 9.17) is 4.99 Å². The average molecular weight is 484 g/mol. The van der Waals surface area contributed by atoms with Gasteiger partial charge in [0.2, 0.25) is 0 Å². The number of rotatable bonds is 3. The third-order valence-corrected chi connectivity index (χ3v) is 7.42. The predicted molar refractivity (Wildman–Crippen MR) is 132 cm³/mol. The molecule has 3 aromatic carbocycles. The van der Waals surface area contributed by atoms with Crippen molar-refractivity contribution in [2.75, 3.05) is 0 Å². The van der Waals surface area contributed by atoms with Crippen LogP contribution in [-0.4, -0.2) is 9.49 Å². The van der Waals surface area contributed by atoms with E-state index in [0.29, 0.717) is 20.5 Å². The highest BCUT2D eigenvalue weighted by atomic mass is 32.1. The number of hydrogen-bond acceptors (Lipinski definition) is 5. The van der Waals surface area contributed by atoms with E-state index < -0.39 is 11.0 Å². The molecule has 0 bridgehead atoms. The maximum atomic E-state index is 14.3. The number of allylic oxidation sites excluding steroid dienone is 1. The molecule has 1 aliphatic heterocycles. The Bertz CT molecular complexity index is 1720. The van der Waals surface area contributed by atoms with E-state index in [1.165, 1.54) is 41.2 Å². The molecule has 6 rings (SSSR count). The van der Waals surface area contributed by atoms with Crippen LogP contribution in [-0.2, 0) is 6.42 Å². The molecule has 0 fully saturated rings. The van der Waals surface area contributed by atoms with Crippen LogP contribution >= 0.6 is 11.3 Å². The molecular weight excluding hydrogens is 465 g/mol. The van der Waals surface area contributed by atoms with Gasteiger partial charge in [0.1, 0.15) is 5.82 Å². The van der Waals surface area contributed by atoms with Gasteiger partial charge >= 0.3 is 0 Å². The van der Waals surface area contributed by atoms with Crippen LogP contribution in [0.15, 0.2) is 88.2 Å². The zero-order valence-corrected chi connectivity index (χ0v) is 19.2. The molecule has 0 saturated carbocycles. The fourth-order valence-electron chi connectivity index (χ4n) is 4.84. The standard InChI is InChI=1S/C27H18FN3O3S/c28-19-6-3-5-18(15-19)25-22-13-10-17-4-1-2-7-21(17)24(22)29-27-30(25)26(32)23(35-27)14-16-8-11-20(12-9-16)31(33)34/h1-9,11-12,14-15,25H,10,13H2/b23-14+. The zero-order chi connectivity index (χ0) is 24.1. The minimum atomic E-state index is -0.459. The molecule has 35 heavy (non-hydrogen) atoms. The van der Waals surface area contributed by atoms with Crippen LogP contribution in [0.1, 0.15) is 34.7 Å². The fourth-order valence-corrected chi connectivity index (χ4v) is 5.84. The Kier molecular flexibility index (Phi) is 5.04. The van der Waals surface area contributed by atoms with E-state index in [1.807, 2.05) is 24.3 Å². The summed E-state index contributed by atoms with van der Waals surface area (Å²) in [7, 11) is 0. The number of non-ortho nitro benzene ring substituents is 1. The molecule has 0 amide bonds. The molecule has 4 aromatic rings. The summed E-state index contributed by atoms with van der Waals surface area (Å²) in [6.45, 7) is 0. The van der Waals surface area contributed by atoms with Crippen LogP contribution in [0.2, 0.25) is 0 Å². The third kappa shape index (κ3) is 3.63. The van der Waals surface area contributed by atoms with Gasteiger partial charge in [-0.3, -0.25) is 19.5 Å². The third-order valence-electron chi connectivity index (χ3n) is 6.44. The van der Waals surface area contributed by atoms with E-state index in [9.17, 15) is 19.3 Å². The highest BCUT2D eigenvalue weighted by molar-refractivity contribution is 7.07. The predicted octanol–water partition coefficient (Wildman–Crippen LogP) is 4.37. The lowest BCUT2D eigenvalue weighted by atomic mass is 9.83. The minimum absolute atomic E-state index is 0.0129. The molecule has 2 heterocycles. The van der Waals surface area contributed by atoms with Crippen LogP contribution < -0.4 is 14.9 Å². The van der Waals surface area contributed by atoms with Crippen molar-refractivity contribution in [3.63, 3.8) is 0 Å². The molecule has 0 N–H and O–H groups in total. The van der Waals surface area contributed by atoms with Crippen molar-refractivity contribution >= 4 is 28.8 Å². The largest absolute Gasteiger partial charge is 0.272 e. The number of nitrogens with zero attached hydrogens (tertiary/aromatic N) is 3. The smallest absolute Gasteiger partial charge is 0.271 e. The highest BCUT2D eigenvalue weighted by Crippen LogP contribution is 2.41. The Morgan fingerprint density at radius 3 is 2.63 bits per heavy atom. The van der Waals surface area contributed by atoms with E-state index in [2.05, 4.69) is 6.07 Å². The Morgan fingerprint density at radius 1 is 1.06 bits per heavy atom. The number of fused-ring (bicyclic) bond motifs is 3. The molecule has 172 valence electrons. The number of nitro benzene ring substituents is 1. The summed E-state index contributed by atoms with van der Waals surface area (Å²) in [4.78, 5) is 29.6. The first-order chi connectivity index (χ1) is 17.0. The number of aryl methyl sites for hydroxylation is 1. The lowest BCUT2D eigenvalue weighted by Crippen LogP contribution is -2.38. The van der Waals surface area contributed by atoms with E-state index in [-0.39, 0.29) is 17.1 Å². The summed E-state index contributed by atoms with van der Waals surface area (Å²) >= 11 is 1.27. The second kappa shape index (κ2) is 8.25. The number of benzene rings is 3. The molecule has 0 spiro atoms. The van der Waals surface area contributed by atoms with Crippen LogP contribution in [0.5, 0.6) is 0 Å². The molecule has 1 aliphatic carbocycles. The van der Waals surface area contributed by atoms with Gasteiger partial charge in [0.05, 0.1) is 21.2 Å². The number of halogens is 1. The van der Waals surface area contributed by atoms with Gasteiger partial charge in [-0.2, -0.15) is 0 Å². The van der Waals surface area contributed by atoms with Crippen molar-refractivity contribution in [3.05, 3.63) is 136 Å². The van der Waals surface area contributed by atoms with Crippen LogP contribution in [0.4, 0.5) is 10.1 Å². The van der Waals surface area contributed by atoms with Crippen molar-refractivity contribution < 1.29 is 9.31 Å². The van der Waals surface area contributed by atoms with E-state index >= 15 is 0 Å². The van der Waals surface area contributed by atoms with Gasteiger partial charge in [0.15, 0.2) is 4.80 Å². The normalized spacial score (nSPS) is 16.8. The Hall–Kier alpha value is -4.17. The quantitative estimate of drug-likeness (QED) is 0.321. The molecular formula is C27H18FN3O3S. The van der Waals surface area contributed by atoms with Crippen molar-refractivity contribution in [1.82, 2.24) is 4.57 Å². The van der Waals surface area contributed by atoms with Gasteiger partial charge < -0.3 is 0 Å². The Morgan fingerprint density at radius 2 is 1.86 bits per heavy atom. The molecule has 0 saturated heterocycles. The first kappa shape index (κ1) is 21.4. The van der Waals surface area contributed by atoms with E-state index in [1.54, 1.807) is 28.8 Å². The topological polar surface area (TPSA) is 77.5 Å². The van der Waals surface area contributed by atoms with Crippen molar-refractivity contribution in [3.8, 4) is 0 Å². The fraction of sp³-hybridized carbons (Fsp3) is 0.111. The Labute approximate surface area is 202 Å². The second-order valence-corrected chi connectivity index (χ2v) is 9.53. The van der Waals surface area contributed by atoms with Gasteiger partial charge in [-0.1, -0.05) is 47.7 Å². The summed E-state index contributed by atoms with van der Waals surface area (Å²) in [6.07, 6.45) is 3.26. The summed E-state index contributed by atoms with van der Waals surface area (Å²) in [5, 5.41) is 11.0. The number of hydrogen-bond donors (Lipinski definition) is 0. The highest BCUT2D eigenvalue weighted by Gasteiger charge is 2.32. The summed E-state index contributed by atoms with van der Waals surface area (Å²) < 4.78 is 16.4. The summed E-state index contributed by atoms with van der Waals surface area (Å²) in [6, 6.07) is 20.1. The molecule has 0 radical (unpaired) electrons. The number of nitro groups is 1. The van der Waals surface area contributed by atoms with Crippen LogP contribution in [0, 0.1) is 15.9 Å². The van der Waals surface area contributed by atoms with E-state index in [0.717, 1.165) is 29.7 Å². The molecule has 8 heteroatoms. The zero-order valence-electron chi connectivity index (χ0n) is 18.3. The summed E-state index contributed by atoms with van der Waals surface area (Å²) in [5.74, 6) is -0.356. The van der Waals surface area contributed by atoms with Crippen molar-refractivity contribution in [2.24, 2.45) is 4.99 Å². The second-order valence-electron chi connectivity index (χ2n) is 8.52.